The van der Waals surface area contributed by atoms with E-state index in [9.17, 15) is 14.3 Å². The van der Waals surface area contributed by atoms with Crippen molar-refractivity contribution in [1.29, 1.82) is 5.26 Å². The van der Waals surface area contributed by atoms with Crippen molar-refractivity contribution in [2.24, 2.45) is 5.92 Å². The summed E-state index contributed by atoms with van der Waals surface area (Å²) >= 11 is 0. The fraction of sp³-hybridized carbons (Fsp3) is 0.375. The van der Waals surface area contributed by atoms with Crippen LogP contribution in [0.15, 0.2) is 54.6 Å². The summed E-state index contributed by atoms with van der Waals surface area (Å²) in [4.78, 5) is 23.7. The smallest absolute Gasteiger partial charge is 0.335 e. The van der Waals surface area contributed by atoms with Crippen molar-refractivity contribution >= 4 is 17.0 Å². The molecule has 2 aliphatic rings. The van der Waals surface area contributed by atoms with Gasteiger partial charge in [-0.3, -0.25) is 4.90 Å². The summed E-state index contributed by atoms with van der Waals surface area (Å²) < 4.78 is 27.8. The van der Waals surface area contributed by atoms with E-state index in [4.69, 9.17) is 24.7 Å². The second kappa shape index (κ2) is 12.3. The highest BCUT2D eigenvalue weighted by Crippen LogP contribution is 2.30. The van der Waals surface area contributed by atoms with Gasteiger partial charge in [0.2, 0.25) is 5.88 Å². The summed E-state index contributed by atoms with van der Waals surface area (Å²) in [6, 6.07) is 17.1. The zero-order chi connectivity index (χ0) is 29.1. The van der Waals surface area contributed by atoms with Crippen LogP contribution >= 0.6 is 0 Å². The van der Waals surface area contributed by atoms with Crippen molar-refractivity contribution in [3.8, 4) is 11.9 Å². The Morgan fingerprint density at radius 2 is 1.98 bits per heavy atom. The number of benzene rings is 2. The lowest BCUT2D eigenvalue weighted by Gasteiger charge is -2.31. The maximum Gasteiger partial charge on any atom is 0.335 e. The summed E-state index contributed by atoms with van der Waals surface area (Å²) in [7, 11) is 0. The van der Waals surface area contributed by atoms with Crippen LogP contribution in [0.1, 0.15) is 58.2 Å². The van der Waals surface area contributed by atoms with Crippen LogP contribution in [0.25, 0.3) is 11.0 Å². The minimum atomic E-state index is -0.943. The Morgan fingerprint density at radius 3 is 2.71 bits per heavy atom. The predicted octanol–water partition coefficient (Wildman–Crippen LogP) is 5.14. The lowest BCUT2D eigenvalue weighted by Crippen LogP contribution is -2.33. The number of imidazole rings is 1. The van der Waals surface area contributed by atoms with Gasteiger partial charge in [0.1, 0.15) is 18.2 Å². The largest absolute Gasteiger partial charge is 0.478 e. The van der Waals surface area contributed by atoms with Gasteiger partial charge in [-0.25, -0.2) is 19.2 Å². The molecule has 1 atom stereocenters. The molecule has 2 aromatic carbocycles. The summed E-state index contributed by atoms with van der Waals surface area (Å²) in [6.45, 7) is 4.70. The van der Waals surface area contributed by atoms with E-state index in [1.165, 1.54) is 6.07 Å². The van der Waals surface area contributed by atoms with E-state index in [0.717, 1.165) is 68.1 Å². The number of halogens is 1. The van der Waals surface area contributed by atoms with Crippen LogP contribution in [0.2, 0.25) is 0 Å². The van der Waals surface area contributed by atoms with Gasteiger partial charge in [-0.2, -0.15) is 5.26 Å². The number of carboxylic acid groups (broad SMARTS) is 1. The van der Waals surface area contributed by atoms with E-state index in [1.54, 1.807) is 36.4 Å². The monoisotopic (exact) mass is 569 g/mol. The molecule has 4 heterocycles. The quantitative estimate of drug-likeness (QED) is 0.295. The average Bonchev–Trinajstić information content (AvgIpc) is 3.65. The van der Waals surface area contributed by atoms with Crippen LogP contribution in [0.3, 0.4) is 0 Å². The van der Waals surface area contributed by atoms with Gasteiger partial charge < -0.3 is 19.1 Å². The molecule has 0 aliphatic carbocycles. The van der Waals surface area contributed by atoms with Gasteiger partial charge in [0.25, 0.3) is 0 Å². The molecule has 2 fully saturated rings. The Kier molecular flexibility index (Phi) is 8.13. The molecular formula is C32H32FN5O4. The standard InChI is InChI=1S/C32H32FN5O4/c33-26-14-21(16-34)4-5-25(26)20-42-31-3-1-2-27(36-31)23-8-11-37(12-9-23)18-30-35-28-7-6-24(32(39)40)15-29(28)38(30)17-22-10-13-41-19-22/h1-7,14-15,22-23H,8-13,17-20H2,(H,39,40)/t22-/m0/s1. The minimum Gasteiger partial charge on any atom is -0.478 e. The predicted molar refractivity (Wildman–Crippen MR) is 153 cm³/mol. The van der Waals surface area contributed by atoms with E-state index in [2.05, 4.69) is 9.47 Å². The zero-order valence-corrected chi connectivity index (χ0v) is 23.2. The third-order valence-electron chi connectivity index (χ3n) is 8.21. The first kappa shape index (κ1) is 27.8. The van der Waals surface area contributed by atoms with Gasteiger partial charge in [-0.05, 0) is 68.8 Å². The number of hydrogen-bond donors (Lipinski definition) is 1. The van der Waals surface area contributed by atoms with Crippen molar-refractivity contribution in [1.82, 2.24) is 19.4 Å². The van der Waals surface area contributed by atoms with Gasteiger partial charge in [0, 0.05) is 42.3 Å². The van der Waals surface area contributed by atoms with Crippen LogP contribution < -0.4 is 4.74 Å². The maximum atomic E-state index is 14.2. The molecule has 0 saturated carbocycles. The highest BCUT2D eigenvalue weighted by Gasteiger charge is 2.25. The second-order valence-corrected chi connectivity index (χ2v) is 11.0. The van der Waals surface area contributed by atoms with Crippen LogP contribution in [-0.2, 0) is 24.4 Å². The molecule has 42 heavy (non-hydrogen) atoms. The molecule has 2 aromatic heterocycles. The van der Waals surface area contributed by atoms with E-state index < -0.39 is 11.8 Å². The third-order valence-corrected chi connectivity index (χ3v) is 8.21. The second-order valence-electron chi connectivity index (χ2n) is 11.0. The highest BCUT2D eigenvalue weighted by molar-refractivity contribution is 5.92. The number of carboxylic acids is 1. The number of pyridine rings is 1. The van der Waals surface area contributed by atoms with Crippen LogP contribution in [-0.4, -0.2) is 56.8 Å². The molecule has 0 spiro atoms. The van der Waals surface area contributed by atoms with Crippen LogP contribution in [0.5, 0.6) is 5.88 Å². The number of hydrogen-bond acceptors (Lipinski definition) is 7. The summed E-state index contributed by atoms with van der Waals surface area (Å²) in [6.07, 6.45) is 2.85. The maximum absolute atomic E-state index is 14.2. The molecule has 4 aromatic rings. The van der Waals surface area contributed by atoms with Crippen molar-refractivity contribution < 1.29 is 23.8 Å². The van der Waals surface area contributed by atoms with Crippen molar-refractivity contribution in [3.63, 3.8) is 0 Å². The van der Waals surface area contributed by atoms with Gasteiger partial charge in [0.05, 0.1) is 41.4 Å². The van der Waals surface area contributed by atoms with E-state index in [-0.39, 0.29) is 23.7 Å². The van der Waals surface area contributed by atoms with Crippen molar-refractivity contribution in [3.05, 3.63) is 88.6 Å². The number of rotatable bonds is 9. The molecule has 6 rings (SSSR count). The Bertz CT molecular complexity index is 1630. The Labute approximate surface area is 243 Å². The van der Waals surface area contributed by atoms with Crippen LogP contribution in [0, 0.1) is 23.1 Å². The molecular weight excluding hydrogens is 537 g/mol. The third kappa shape index (κ3) is 6.12. The number of likely N-dealkylation sites (tertiary alicyclic amines) is 1. The van der Waals surface area contributed by atoms with Gasteiger partial charge >= 0.3 is 5.97 Å². The number of carbonyl (C=O) groups is 1. The summed E-state index contributed by atoms with van der Waals surface area (Å²) in [5.41, 5.74) is 3.54. The first-order chi connectivity index (χ1) is 20.5. The molecule has 2 aliphatic heterocycles. The van der Waals surface area contributed by atoms with Crippen LogP contribution in [0.4, 0.5) is 4.39 Å². The van der Waals surface area contributed by atoms with Crippen molar-refractivity contribution in [2.75, 3.05) is 26.3 Å². The number of piperidine rings is 1. The number of ether oxygens (including phenoxy) is 2. The summed E-state index contributed by atoms with van der Waals surface area (Å²) in [5, 5.41) is 18.5. The molecule has 9 nitrogen and oxygen atoms in total. The SMILES string of the molecule is N#Cc1ccc(COc2cccc(C3CCN(Cc4nc5ccc(C(=O)O)cc5n4C[C@@H]4CCOC4)CC3)n2)c(F)c1. The van der Waals surface area contributed by atoms with Gasteiger partial charge in [-0.1, -0.05) is 12.1 Å². The average molecular weight is 570 g/mol. The van der Waals surface area contributed by atoms with E-state index in [0.29, 0.717) is 30.5 Å². The topological polar surface area (TPSA) is 114 Å². The normalized spacial score (nSPS) is 17.9. The van der Waals surface area contributed by atoms with Crippen molar-refractivity contribution in [2.45, 2.75) is 44.9 Å². The molecule has 0 bridgehead atoms. The van der Waals surface area contributed by atoms with Gasteiger partial charge in [0.15, 0.2) is 0 Å². The Morgan fingerprint density at radius 1 is 1.12 bits per heavy atom. The minimum absolute atomic E-state index is 0.0361. The number of aromatic carboxylic acids is 1. The summed E-state index contributed by atoms with van der Waals surface area (Å²) in [5.74, 6) is 0.649. The zero-order valence-electron chi connectivity index (χ0n) is 23.2. The number of nitriles is 1. The number of nitrogens with zero attached hydrogens (tertiary/aromatic N) is 5. The fourth-order valence-corrected chi connectivity index (χ4v) is 5.83. The molecule has 0 amide bonds. The first-order valence-corrected chi connectivity index (χ1v) is 14.3. The first-order valence-electron chi connectivity index (χ1n) is 14.3. The fourth-order valence-electron chi connectivity index (χ4n) is 5.83. The number of fused-ring (bicyclic) bond motifs is 1. The molecule has 0 unspecified atom stereocenters. The Balaban J connectivity index is 1.11. The molecule has 216 valence electrons. The number of aromatic nitrogens is 3. The molecule has 1 N–H and O–H groups in total. The lowest BCUT2D eigenvalue weighted by atomic mass is 9.93. The van der Waals surface area contributed by atoms with E-state index in [1.807, 2.05) is 18.2 Å². The molecule has 0 radical (unpaired) electrons. The Hall–Kier alpha value is -4.33. The highest BCUT2D eigenvalue weighted by atomic mass is 19.1. The van der Waals surface area contributed by atoms with Gasteiger partial charge in [-0.15, -0.1) is 0 Å². The molecule has 10 heteroatoms. The molecule has 2 saturated heterocycles. The lowest BCUT2D eigenvalue weighted by molar-refractivity contribution is 0.0697. The van der Waals surface area contributed by atoms with E-state index >= 15 is 0 Å².